The molecule has 2 heterocycles. The van der Waals surface area contributed by atoms with Gasteiger partial charge in [-0.05, 0) is 54.9 Å². The zero-order valence-corrected chi connectivity index (χ0v) is 20.3. The number of benzene rings is 3. The molecule has 0 spiro atoms. The Labute approximate surface area is 203 Å². The van der Waals surface area contributed by atoms with E-state index in [0.717, 1.165) is 29.3 Å². The van der Waals surface area contributed by atoms with Crippen LogP contribution in [0.3, 0.4) is 0 Å². The van der Waals surface area contributed by atoms with E-state index < -0.39 is 0 Å². The van der Waals surface area contributed by atoms with E-state index in [-0.39, 0.29) is 0 Å². The van der Waals surface area contributed by atoms with E-state index >= 15 is 0 Å². The van der Waals surface area contributed by atoms with Crippen molar-refractivity contribution in [3.8, 4) is 0 Å². The van der Waals surface area contributed by atoms with Crippen LogP contribution in [0.4, 0.5) is 0 Å². The molecule has 0 unspecified atom stereocenters. The van der Waals surface area contributed by atoms with Crippen molar-refractivity contribution >= 4 is 29.2 Å². The number of hydrogen-bond donors (Lipinski definition) is 1. The van der Waals surface area contributed by atoms with Crippen molar-refractivity contribution in [2.75, 3.05) is 0 Å². The van der Waals surface area contributed by atoms with Crippen LogP contribution in [0.25, 0.3) is 10.8 Å². The summed E-state index contributed by atoms with van der Waals surface area (Å²) in [6.07, 6.45) is 2.46. The van der Waals surface area contributed by atoms with Gasteiger partial charge in [0.15, 0.2) is 5.82 Å². The third-order valence-corrected chi connectivity index (χ3v) is 6.40. The number of nitrogens with one attached hydrogen (secondary N) is 1. The number of H-pyrrole nitrogens is 1. The maximum absolute atomic E-state index is 5.48. The zero-order valence-electron chi connectivity index (χ0n) is 19.5. The zero-order chi connectivity index (χ0) is 23.7. The Morgan fingerprint density at radius 2 is 1.74 bits per heavy atom. The van der Waals surface area contributed by atoms with E-state index in [4.69, 9.17) is 22.4 Å². The third kappa shape index (κ3) is 4.34. The highest BCUT2D eigenvalue weighted by molar-refractivity contribution is 7.71. The molecule has 2 aromatic heterocycles. The van der Waals surface area contributed by atoms with Crippen LogP contribution in [0.15, 0.2) is 71.8 Å². The first kappa shape index (κ1) is 22.0. The van der Waals surface area contributed by atoms with Crippen molar-refractivity contribution in [1.82, 2.24) is 24.7 Å². The summed E-state index contributed by atoms with van der Waals surface area (Å²) in [6, 6.07) is 23.2. The van der Waals surface area contributed by atoms with Crippen LogP contribution in [0, 0.1) is 25.5 Å². The van der Waals surface area contributed by atoms with Gasteiger partial charge in [-0.25, -0.2) is 0 Å². The molecule has 0 aliphatic heterocycles. The van der Waals surface area contributed by atoms with Crippen LogP contribution >= 0.6 is 12.2 Å². The topological polar surface area (TPSA) is 63.8 Å². The Kier molecular flexibility index (Phi) is 5.94. The van der Waals surface area contributed by atoms with E-state index in [1.165, 1.54) is 27.5 Å². The Bertz CT molecular complexity index is 1550. The van der Waals surface area contributed by atoms with Gasteiger partial charge in [0, 0.05) is 17.7 Å². The molecule has 0 atom stereocenters. The molecule has 0 aliphatic rings. The van der Waals surface area contributed by atoms with Gasteiger partial charge in [-0.3, -0.25) is 9.78 Å². The maximum atomic E-state index is 5.48. The van der Waals surface area contributed by atoms with Gasteiger partial charge in [-0.1, -0.05) is 72.3 Å². The fraction of sp³-hybridized carbons (Fsp3) is 0.185. The molecule has 5 aromatic rings. The smallest absolute Gasteiger partial charge is 0.216 e. The first-order valence-corrected chi connectivity index (χ1v) is 11.7. The quantitative estimate of drug-likeness (QED) is 0.256. The van der Waals surface area contributed by atoms with Gasteiger partial charge in [-0.15, -0.1) is 0 Å². The molecule has 0 aliphatic carbocycles. The van der Waals surface area contributed by atoms with Crippen LogP contribution in [0.2, 0.25) is 0 Å². The highest BCUT2D eigenvalue weighted by Gasteiger charge is 2.12. The third-order valence-electron chi connectivity index (χ3n) is 6.14. The summed E-state index contributed by atoms with van der Waals surface area (Å²) in [5.74, 6) is 0.764. The van der Waals surface area contributed by atoms with E-state index in [0.29, 0.717) is 11.2 Å². The molecular formula is C27H26N6S. The van der Waals surface area contributed by atoms with E-state index in [1.54, 1.807) is 4.68 Å². The van der Waals surface area contributed by atoms with Crippen molar-refractivity contribution in [2.24, 2.45) is 5.10 Å². The van der Waals surface area contributed by atoms with Gasteiger partial charge in [-0.2, -0.15) is 20.0 Å². The second-order valence-electron chi connectivity index (χ2n) is 8.54. The van der Waals surface area contributed by atoms with Crippen LogP contribution in [0.1, 0.15) is 39.5 Å². The lowest BCUT2D eigenvalue weighted by atomic mass is 10.0. The minimum atomic E-state index is 0.467. The predicted octanol–water partition coefficient (Wildman–Crippen LogP) is 5.74. The van der Waals surface area contributed by atoms with Crippen LogP contribution in [-0.2, 0) is 13.0 Å². The molecule has 34 heavy (non-hydrogen) atoms. The number of aromatic nitrogens is 5. The van der Waals surface area contributed by atoms with Gasteiger partial charge < -0.3 is 0 Å². The second kappa shape index (κ2) is 9.19. The summed E-state index contributed by atoms with van der Waals surface area (Å²) in [4.78, 5) is 0. The fourth-order valence-electron chi connectivity index (χ4n) is 4.21. The van der Waals surface area contributed by atoms with E-state index in [1.807, 2.05) is 17.8 Å². The van der Waals surface area contributed by atoms with Gasteiger partial charge >= 0.3 is 0 Å². The molecule has 6 nitrogen and oxygen atoms in total. The predicted molar refractivity (Wildman–Crippen MR) is 139 cm³/mol. The minimum absolute atomic E-state index is 0.467. The molecular weight excluding hydrogens is 440 g/mol. The number of aromatic amines is 1. The molecule has 3 aromatic carbocycles. The molecule has 0 fully saturated rings. The number of hydrogen-bond acceptors (Lipinski definition) is 4. The van der Waals surface area contributed by atoms with Crippen molar-refractivity contribution in [3.05, 3.63) is 111 Å². The normalized spacial score (nSPS) is 11.6. The molecule has 170 valence electrons. The molecule has 0 bridgehead atoms. The monoisotopic (exact) mass is 466 g/mol. The van der Waals surface area contributed by atoms with E-state index in [2.05, 4.69) is 90.8 Å². The summed E-state index contributed by atoms with van der Waals surface area (Å²) in [5.41, 5.74) is 6.63. The van der Waals surface area contributed by atoms with Crippen molar-refractivity contribution in [3.63, 3.8) is 0 Å². The number of rotatable bonds is 6. The van der Waals surface area contributed by atoms with E-state index in [9.17, 15) is 0 Å². The highest BCUT2D eigenvalue weighted by Crippen LogP contribution is 2.21. The van der Waals surface area contributed by atoms with Gasteiger partial charge in [0.25, 0.3) is 0 Å². The molecule has 0 saturated heterocycles. The molecule has 1 N–H and O–H groups in total. The van der Waals surface area contributed by atoms with Gasteiger partial charge in [0.05, 0.1) is 18.5 Å². The van der Waals surface area contributed by atoms with Gasteiger partial charge in [0.1, 0.15) is 0 Å². The standard InChI is InChI=1S/C27H26N6S/c1-18-11-13-21(14-12-18)17-32-20(3)25(19(2)31-32)16-28-33-26(29-30-27(33)34)15-23-9-6-8-22-7-4-5-10-24(22)23/h4-14,16H,15,17H2,1-3H3,(H,30,34). The Morgan fingerprint density at radius 3 is 2.56 bits per heavy atom. The summed E-state index contributed by atoms with van der Waals surface area (Å²) in [7, 11) is 0. The van der Waals surface area contributed by atoms with Crippen molar-refractivity contribution in [2.45, 2.75) is 33.7 Å². The molecule has 0 amide bonds. The summed E-state index contributed by atoms with van der Waals surface area (Å²) < 4.78 is 4.19. The molecule has 5 rings (SSSR count). The number of fused-ring (bicyclic) bond motifs is 1. The Hall–Kier alpha value is -3.84. The van der Waals surface area contributed by atoms with Crippen molar-refractivity contribution in [1.29, 1.82) is 0 Å². The first-order chi connectivity index (χ1) is 16.5. The molecule has 7 heteroatoms. The maximum Gasteiger partial charge on any atom is 0.216 e. The lowest BCUT2D eigenvalue weighted by molar-refractivity contribution is 0.659. The lowest BCUT2D eigenvalue weighted by Gasteiger charge is -2.06. The van der Waals surface area contributed by atoms with Crippen molar-refractivity contribution < 1.29 is 0 Å². The average Bonchev–Trinajstić information content (AvgIpc) is 3.32. The van der Waals surface area contributed by atoms with Crippen LogP contribution in [-0.4, -0.2) is 30.9 Å². The lowest BCUT2D eigenvalue weighted by Crippen LogP contribution is -2.04. The number of nitrogens with zero attached hydrogens (tertiary/aromatic N) is 5. The van der Waals surface area contributed by atoms with Crippen LogP contribution < -0.4 is 0 Å². The largest absolute Gasteiger partial charge is 0.265 e. The first-order valence-electron chi connectivity index (χ1n) is 11.3. The number of aryl methyl sites for hydroxylation is 2. The van der Waals surface area contributed by atoms with Crippen LogP contribution in [0.5, 0.6) is 0 Å². The second-order valence-corrected chi connectivity index (χ2v) is 8.93. The summed E-state index contributed by atoms with van der Waals surface area (Å²) in [5, 5.41) is 19.2. The highest BCUT2D eigenvalue weighted by atomic mass is 32.1. The molecule has 0 saturated carbocycles. The Morgan fingerprint density at radius 1 is 0.971 bits per heavy atom. The van der Waals surface area contributed by atoms with Gasteiger partial charge in [0.2, 0.25) is 4.77 Å². The minimum Gasteiger partial charge on any atom is -0.265 e. The summed E-state index contributed by atoms with van der Waals surface area (Å²) >= 11 is 5.48. The summed E-state index contributed by atoms with van der Waals surface area (Å²) in [6.45, 7) is 6.89. The Balaban J connectivity index is 1.43. The SMILES string of the molecule is Cc1ccc(Cn2nc(C)c(C=Nn3c(Cc4cccc5ccccc45)n[nH]c3=S)c2C)cc1. The molecule has 0 radical (unpaired) electrons. The average molecular weight is 467 g/mol. The fourth-order valence-corrected chi connectivity index (χ4v) is 4.41.